The number of rotatable bonds is 8. The van der Waals surface area contributed by atoms with Gasteiger partial charge in [0.2, 0.25) is 0 Å². The Kier molecular flexibility index (Phi) is 6.81. The van der Waals surface area contributed by atoms with Gasteiger partial charge in [-0.1, -0.05) is 18.2 Å². The molecule has 3 rings (SSSR count). The van der Waals surface area contributed by atoms with Crippen LogP contribution in [0.2, 0.25) is 0 Å². The van der Waals surface area contributed by atoms with Gasteiger partial charge in [0.15, 0.2) is 0 Å². The van der Waals surface area contributed by atoms with Crippen molar-refractivity contribution < 1.29 is 23.9 Å². The topological polar surface area (TPSA) is 117 Å². The van der Waals surface area contributed by atoms with Crippen molar-refractivity contribution in [2.75, 3.05) is 19.5 Å². The molecular weight excluding hydrogens is 402 g/mol. The molecule has 31 heavy (non-hydrogen) atoms. The Bertz CT molecular complexity index is 1060. The molecule has 1 aromatic carbocycles. The highest BCUT2D eigenvalue weighted by Crippen LogP contribution is 2.21. The smallest absolute Gasteiger partial charge is 0.307 e. The van der Waals surface area contributed by atoms with E-state index in [0.29, 0.717) is 16.9 Å². The van der Waals surface area contributed by atoms with Crippen LogP contribution in [0.4, 0.5) is 5.69 Å². The molecule has 162 valence electrons. The van der Waals surface area contributed by atoms with E-state index in [9.17, 15) is 14.4 Å². The van der Waals surface area contributed by atoms with Crippen LogP contribution in [-0.2, 0) is 19.1 Å². The summed E-state index contributed by atoms with van der Waals surface area (Å²) in [7, 11) is 2.54. The first kappa shape index (κ1) is 21.8. The third kappa shape index (κ3) is 5.16. The molecule has 0 unspecified atom stereocenters. The number of methoxy groups -OCH3 is 2. The van der Waals surface area contributed by atoms with Crippen molar-refractivity contribution in [2.45, 2.75) is 25.8 Å². The van der Waals surface area contributed by atoms with Gasteiger partial charge in [0.25, 0.3) is 5.91 Å². The quantitative estimate of drug-likeness (QED) is 0.550. The van der Waals surface area contributed by atoms with Gasteiger partial charge in [-0.25, -0.2) is 4.68 Å². The molecule has 0 aliphatic rings. The van der Waals surface area contributed by atoms with Crippen LogP contribution >= 0.6 is 0 Å². The number of nitrogens with one attached hydrogen (secondary N) is 1. The molecule has 0 saturated heterocycles. The minimum Gasteiger partial charge on any atom is -0.469 e. The second-order valence-electron chi connectivity index (χ2n) is 6.77. The lowest BCUT2D eigenvalue weighted by Crippen LogP contribution is -2.19. The molecule has 0 bridgehead atoms. The van der Waals surface area contributed by atoms with E-state index in [2.05, 4.69) is 25.0 Å². The lowest BCUT2D eigenvalue weighted by molar-refractivity contribution is -0.144. The van der Waals surface area contributed by atoms with E-state index in [1.807, 2.05) is 30.3 Å². The fourth-order valence-electron chi connectivity index (χ4n) is 3.07. The lowest BCUT2D eigenvalue weighted by Gasteiger charge is -2.15. The van der Waals surface area contributed by atoms with Crippen molar-refractivity contribution in [2.24, 2.45) is 0 Å². The Morgan fingerprint density at radius 2 is 1.65 bits per heavy atom. The number of anilines is 1. The van der Waals surface area contributed by atoms with Gasteiger partial charge in [0, 0.05) is 6.20 Å². The van der Waals surface area contributed by atoms with E-state index in [1.165, 1.54) is 31.3 Å². The van der Waals surface area contributed by atoms with Crippen LogP contribution in [0.3, 0.4) is 0 Å². The van der Waals surface area contributed by atoms with E-state index < -0.39 is 18.0 Å². The number of carbonyl (C=O) groups excluding carboxylic acids is 3. The molecule has 1 N–H and O–H groups in total. The molecule has 0 aliphatic heterocycles. The van der Waals surface area contributed by atoms with Gasteiger partial charge >= 0.3 is 11.9 Å². The van der Waals surface area contributed by atoms with Gasteiger partial charge in [-0.3, -0.25) is 19.1 Å². The van der Waals surface area contributed by atoms with Crippen molar-refractivity contribution in [3.05, 3.63) is 60.2 Å². The number of carbonyl (C=O) groups is 3. The number of hydrogen-bond donors (Lipinski definition) is 1. The highest BCUT2D eigenvalue weighted by Gasteiger charge is 2.22. The maximum atomic E-state index is 12.8. The third-order valence-electron chi connectivity index (χ3n) is 4.75. The first-order chi connectivity index (χ1) is 14.9. The first-order valence-corrected chi connectivity index (χ1v) is 9.52. The average molecular weight is 425 g/mol. The summed E-state index contributed by atoms with van der Waals surface area (Å²) in [6.45, 7) is 1.81. The van der Waals surface area contributed by atoms with Crippen LogP contribution in [0, 0.1) is 6.92 Å². The zero-order chi connectivity index (χ0) is 22.4. The summed E-state index contributed by atoms with van der Waals surface area (Å²) >= 11 is 0. The molecule has 0 aliphatic carbocycles. The summed E-state index contributed by atoms with van der Waals surface area (Å²) in [6.07, 6.45) is 4.36. The summed E-state index contributed by atoms with van der Waals surface area (Å²) in [6, 6.07) is 8.88. The van der Waals surface area contributed by atoms with E-state index in [-0.39, 0.29) is 18.7 Å². The molecule has 0 radical (unpaired) electrons. The van der Waals surface area contributed by atoms with Crippen molar-refractivity contribution in [3.8, 4) is 5.69 Å². The average Bonchev–Trinajstić information content (AvgIpc) is 3.40. The van der Waals surface area contributed by atoms with Crippen LogP contribution in [0.25, 0.3) is 5.69 Å². The predicted molar refractivity (Wildman–Crippen MR) is 111 cm³/mol. The number of hydrogen-bond acceptors (Lipinski definition) is 7. The van der Waals surface area contributed by atoms with E-state index in [4.69, 9.17) is 0 Å². The molecule has 1 amide bonds. The van der Waals surface area contributed by atoms with Gasteiger partial charge in [-0.15, -0.1) is 0 Å². The zero-order valence-electron chi connectivity index (χ0n) is 17.4. The van der Waals surface area contributed by atoms with E-state index in [1.54, 1.807) is 17.8 Å². The summed E-state index contributed by atoms with van der Waals surface area (Å²) < 4.78 is 12.5. The standard InChI is InChI=1S/C21H23N5O5/c1-14-18(12-23-26(14)16-7-5-4-6-8-16)21(29)24-15-11-22-25(13-15)17(9-19(27)30-2)10-20(28)31-3/h4-8,11-13,17H,9-10H2,1-3H3,(H,24,29). The van der Waals surface area contributed by atoms with Crippen LogP contribution in [-0.4, -0.2) is 51.6 Å². The predicted octanol–water partition coefficient (Wildman–Crippen LogP) is 2.30. The highest BCUT2D eigenvalue weighted by molar-refractivity contribution is 6.04. The lowest BCUT2D eigenvalue weighted by atomic mass is 10.1. The Morgan fingerprint density at radius 1 is 1.00 bits per heavy atom. The maximum absolute atomic E-state index is 12.8. The molecule has 10 nitrogen and oxygen atoms in total. The number of nitrogens with zero attached hydrogens (tertiary/aromatic N) is 4. The van der Waals surface area contributed by atoms with Crippen LogP contribution in [0.15, 0.2) is 48.9 Å². The molecule has 10 heteroatoms. The summed E-state index contributed by atoms with van der Waals surface area (Å²) in [4.78, 5) is 36.2. The highest BCUT2D eigenvalue weighted by atomic mass is 16.5. The second-order valence-corrected chi connectivity index (χ2v) is 6.77. The number of ether oxygens (including phenoxy) is 2. The van der Waals surface area contributed by atoms with Crippen LogP contribution in [0.5, 0.6) is 0 Å². The van der Waals surface area contributed by atoms with E-state index >= 15 is 0 Å². The van der Waals surface area contributed by atoms with Gasteiger partial charge in [-0.2, -0.15) is 10.2 Å². The number of benzene rings is 1. The molecular formula is C21H23N5O5. The minimum atomic E-state index is -0.604. The molecule has 0 saturated carbocycles. The Labute approximate surface area is 178 Å². The van der Waals surface area contributed by atoms with Crippen LogP contribution < -0.4 is 5.32 Å². The van der Waals surface area contributed by atoms with E-state index in [0.717, 1.165) is 5.69 Å². The van der Waals surface area contributed by atoms with Crippen molar-refractivity contribution in [3.63, 3.8) is 0 Å². The fourth-order valence-corrected chi connectivity index (χ4v) is 3.07. The van der Waals surface area contributed by atoms with Crippen LogP contribution in [0.1, 0.15) is 34.9 Å². The molecule has 0 spiro atoms. The van der Waals surface area contributed by atoms with Gasteiger partial charge in [0.1, 0.15) is 0 Å². The first-order valence-electron chi connectivity index (χ1n) is 9.52. The van der Waals surface area contributed by atoms with Gasteiger partial charge in [-0.05, 0) is 19.1 Å². The zero-order valence-corrected chi connectivity index (χ0v) is 17.4. The molecule has 3 aromatic rings. The molecule has 2 aromatic heterocycles. The van der Waals surface area contributed by atoms with Gasteiger partial charge < -0.3 is 14.8 Å². The molecule has 0 fully saturated rings. The minimum absolute atomic E-state index is 0.0659. The van der Waals surface area contributed by atoms with Crippen molar-refractivity contribution in [1.82, 2.24) is 19.6 Å². The number of aromatic nitrogens is 4. The van der Waals surface area contributed by atoms with Crippen molar-refractivity contribution in [1.29, 1.82) is 0 Å². The number of para-hydroxylation sites is 1. The monoisotopic (exact) mass is 425 g/mol. The maximum Gasteiger partial charge on any atom is 0.307 e. The summed E-state index contributed by atoms with van der Waals surface area (Å²) in [5, 5.41) is 11.2. The summed E-state index contributed by atoms with van der Waals surface area (Å²) in [5.74, 6) is -1.32. The third-order valence-corrected chi connectivity index (χ3v) is 4.75. The molecule has 0 atom stereocenters. The Balaban J connectivity index is 1.75. The second kappa shape index (κ2) is 9.70. The Morgan fingerprint density at radius 3 is 2.26 bits per heavy atom. The normalized spacial score (nSPS) is 10.7. The summed E-state index contributed by atoms with van der Waals surface area (Å²) in [5.41, 5.74) is 2.36. The largest absolute Gasteiger partial charge is 0.469 e. The molecule has 2 heterocycles. The number of esters is 2. The Hall–Kier alpha value is -3.95. The fraction of sp³-hybridized carbons (Fsp3) is 0.286. The van der Waals surface area contributed by atoms with Crippen molar-refractivity contribution >= 4 is 23.5 Å². The van der Waals surface area contributed by atoms with Gasteiger partial charge in [0.05, 0.1) is 68.1 Å². The number of amides is 1. The SMILES string of the molecule is COC(=O)CC(CC(=O)OC)n1cc(NC(=O)c2cnn(-c3ccccc3)c2C)cn1.